The molecule has 0 radical (unpaired) electrons. The van der Waals surface area contributed by atoms with Crippen LogP contribution in [0.3, 0.4) is 0 Å². The van der Waals surface area contributed by atoms with Gasteiger partial charge in [-0.25, -0.2) is 4.68 Å². The lowest BCUT2D eigenvalue weighted by molar-refractivity contribution is -0.122. The number of benzene rings is 1. The first-order chi connectivity index (χ1) is 10.8. The molecule has 1 amide bonds. The van der Waals surface area contributed by atoms with Crippen molar-refractivity contribution in [2.75, 3.05) is 13.1 Å². The van der Waals surface area contributed by atoms with Crippen LogP contribution in [0.4, 0.5) is 0 Å². The third-order valence-corrected chi connectivity index (χ3v) is 4.92. The molecule has 22 heavy (non-hydrogen) atoms. The second kappa shape index (κ2) is 5.68. The fourth-order valence-electron chi connectivity index (χ4n) is 3.84. The number of carbonyl (C=O) groups is 1. The third-order valence-electron chi connectivity index (χ3n) is 4.92. The van der Waals surface area contributed by atoms with Gasteiger partial charge >= 0.3 is 0 Å². The quantitative estimate of drug-likeness (QED) is 0.924. The van der Waals surface area contributed by atoms with Crippen molar-refractivity contribution in [2.45, 2.75) is 44.3 Å². The summed E-state index contributed by atoms with van der Waals surface area (Å²) in [5.74, 6) is 0.0353. The summed E-state index contributed by atoms with van der Waals surface area (Å²) in [6.45, 7) is 2.54. The fraction of sp³-hybridized carbons (Fsp3) is 0.562. The van der Waals surface area contributed by atoms with Crippen LogP contribution >= 0.6 is 0 Å². The molecular weight excluding hydrogens is 278 g/mol. The van der Waals surface area contributed by atoms with Crippen LogP contribution in [0.2, 0.25) is 0 Å². The number of rotatable bonds is 3. The second-order valence-corrected chi connectivity index (χ2v) is 6.30. The van der Waals surface area contributed by atoms with Gasteiger partial charge in [-0.1, -0.05) is 23.8 Å². The average molecular weight is 299 g/mol. The Hall–Kier alpha value is -1.95. The van der Waals surface area contributed by atoms with Crippen molar-refractivity contribution in [1.82, 2.24) is 25.2 Å². The normalized spacial score (nSPS) is 25.3. The van der Waals surface area contributed by atoms with Crippen LogP contribution in [0.5, 0.6) is 0 Å². The van der Waals surface area contributed by atoms with Crippen LogP contribution in [-0.4, -0.2) is 51.0 Å². The van der Waals surface area contributed by atoms with Gasteiger partial charge < -0.3 is 5.32 Å². The highest BCUT2D eigenvalue weighted by Crippen LogP contribution is 2.27. The summed E-state index contributed by atoms with van der Waals surface area (Å²) in [7, 11) is 0. The number of hydrogen-bond donors (Lipinski definition) is 1. The SMILES string of the molecule is O=C(Cn1nnc2ccccc21)N[C@@H]1CCN2CCCC[C@@H]12. The maximum Gasteiger partial charge on any atom is 0.242 e. The van der Waals surface area contributed by atoms with Crippen LogP contribution < -0.4 is 5.32 Å². The maximum atomic E-state index is 12.4. The van der Waals surface area contributed by atoms with Crippen molar-refractivity contribution >= 4 is 16.9 Å². The van der Waals surface area contributed by atoms with E-state index in [1.165, 1.54) is 25.8 Å². The Kier molecular flexibility index (Phi) is 3.54. The third kappa shape index (κ3) is 2.47. The number of para-hydroxylation sites is 1. The van der Waals surface area contributed by atoms with Crippen molar-refractivity contribution in [3.8, 4) is 0 Å². The number of hydrogen-bond acceptors (Lipinski definition) is 4. The van der Waals surface area contributed by atoms with Gasteiger partial charge in [0.25, 0.3) is 0 Å². The van der Waals surface area contributed by atoms with Crippen molar-refractivity contribution in [3.05, 3.63) is 24.3 Å². The lowest BCUT2D eigenvalue weighted by Crippen LogP contribution is -2.47. The predicted molar refractivity (Wildman–Crippen MR) is 83.3 cm³/mol. The van der Waals surface area contributed by atoms with E-state index in [0.717, 1.165) is 24.0 Å². The van der Waals surface area contributed by atoms with Gasteiger partial charge in [0, 0.05) is 18.6 Å². The number of amides is 1. The van der Waals surface area contributed by atoms with E-state index in [2.05, 4.69) is 20.5 Å². The molecule has 1 N–H and O–H groups in total. The Morgan fingerprint density at radius 3 is 3.09 bits per heavy atom. The molecule has 0 saturated carbocycles. The molecule has 2 saturated heterocycles. The molecule has 0 aliphatic carbocycles. The number of piperidine rings is 1. The van der Waals surface area contributed by atoms with Crippen molar-refractivity contribution in [1.29, 1.82) is 0 Å². The van der Waals surface area contributed by atoms with Crippen LogP contribution in [0.15, 0.2) is 24.3 Å². The van der Waals surface area contributed by atoms with Crippen molar-refractivity contribution < 1.29 is 4.79 Å². The lowest BCUT2D eigenvalue weighted by atomic mass is 9.99. The molecule has 2 aromatic rings. The molecule has 2 aliphatic rings. The topological polar surface area (TPSA) is 63.1 Å². The van der Waals surface area contributed by atoms with Crippen molar-refractivity contribution in [3.63, 3.8) is 0 Å². The summed E-state index contributed by atoms with van der Waals surface area (Å²) in [6, 6.07) is 8.55. The smallest absolute Gasteiger partial charge is 0.242 e. The lowest BCUT2D eigenvalue weighted by Gasteiger charge is -2.32. The van der Waals surface area contributed by atoms with Gasteiger partial charge in [0.2, 0.25) is 5.91 Å². The van der Waals surface area contributed by atoms with Gasteiger partial charge in [-0.05, 0) is 37.9 Å². The summed E-state index contributed by atoms with van der Waals surface area (Å²) in [4.78, 5) is 14.9. The van der Waals surface area contributed by atoms with E-state index in [1.807, 2.05) is 24.3 Å². The molecule has 0 spiro atoms. The molecule has 4 rings (SSSR count). The molecular formula is C16H21N5O. The minimum absolute atomic E-state index is 0.0353. The van der Waals surface area contributed by atoms with Crippen molar-refractivity contribution in [2.24, 2.45) is 0 Å². The summed E-state index contributed by atoms with van der Waals surface area (Å²) in [5, 5.41) is 11.4. The van der Waals surface area contributed by atoms with Gasteiger partial charge in [0.1, 0.15) is 12.1 Å². The Morgan fingerprint density at radius 2 is 2.14 bits per heavy atom. The number of nitrogens with zero attached hydrogens (tertiary/aromatic N) is 4. The van der Waals surface area contributed by atoms with Gasteiger partial charge in [-0.3, -0.25) is 9.69 Å². The molecule has 2 aliphatic heterocycles. The average Bonchev–Trinajstić information content (AvgIpc) is 3.13. The van der Waals surface area contributed by atoms with E-state index < -0.39 is 0 Å². The zero-order chi connectivity index (χ0) is 14.9. The highest BCUT2D eigenvalue weighted by Gasteiger charge is 2.36. The fourth-order valence-corrected chi connectivity index (χ4v) is 3.84. The number of carbonyl (C=O) groups excluding carboxylic acids is 1. The van der Waals surface area contributed by atoms with E-state index in [4.69, 9.17) is 0 Å². The highest BCUT2D eigenvalue weighted by atomic mass is 16.2. The molecule has 0 bridgehead atoms. The van der Waals surface area contributed by atoms with E-state index in [1.54, 1.807) is 4.68 Å². The first-order valence-electron chi connectivity index (χ1n) is 8.13. The van der Waals surface area contributed by atoms with Crippen LogP contribution in [0.25, 0.3) is 11.0 Å². The molecule has 2 fully saturated rings. The molecule has 0 unspecified atom stereocenters. The standard InChI is InChI=1S/C16H21N5O/c22-16(11-21-15-7-2-1-5-13(15)18-19-21)17-12-8-10-20-9-4-3-6-14(12)20/h1-2,5,7,12,14H,3-4,6,8-11H2,(H,17,22)/t12-,14+/m1/s1. The summed E-state index contributed by atoms with van der Waals surface area (Å²) in [6.07, 6.45) is 4.84. The van der Waals surface area contributed by atoms with Gasteiger partial charge in [-0.15, -0.1) is 5.10 Å². The highest BCUT2D eigenvalue weighted by molar-refractivity contribution is 5.79. The van der Waals surface area contributed by atoms with Gasteiger partial charge in [0.15, 0.2) is 0 Å². The molecule has 1 aromatic heterocycles. The molecule has 1 aromatic carbocycles. The number of aromatic nitrogens is 3. The first-order valence-corrected chi connectivity index (χ1v) is 8.13. The summed E-state index contributed by atoms with van der Waals surface area (Å²) in [5.41, 5.74) is 1.73. The first kappa shape index (κ1) is 13.7. The number of fused-ring (bicyclic) bond motifs is 2. The van der Waals surface area contributed by atoms with E-state index >= 15 is 0 Å². The maximum absolute atomic E-state index is 12.4. The summed E-state index contributed by atoms with van der Waals surface area (Å²) < 4.78 is 1.68. The number of nitrogens with one attached hydrogen (secondary N) is 1. The largest absolute Gasteiger partial charge is 0.350 e. The van der Waals surface area contributed by atoms with Crippen LogP contribution in [0.1, 0.15) is 25.7 Å². The van der Waals surface area contributed by atoms with Crippen LogP contribution in [0, 0.1) is 0 Å². The monoisotopic (exact) mass is 299 g/mol. The molecule has 116 valence electrons. The zero-order valence-corrected chi connectivity index (χ0v) is 12.6. The van der Waals surface area contributed by atoms with Gasteiger partial charge in [-0.2, -0.15) is 0 Å². The predicted octanol–water partition coefficient (Wildman–Crippen LogP) is 1.17. The summed E-state index contributed by atoms with van der Waals surface area (Å²) >= 11 is 0. The minimum atomic E-state index is 0.0353. The molecule has 6 heteroatoms. The molecule has 2 atom stereocenters. The minimum Gasteiger partial charge on any atom is -0.350 e. The Labute approximate surface area is 129 Å². The molecule has 3 heterocycles. The second-order valence-electron chi connectivity index (χ2n) is 6.30. The Bertz CT molecular complexity index is 682. The zero-order valence-electron chi connectivity index (χ0n) is 12.6. The van der Waals surface area contributed by atoms with E-state index in [9.17, 15) is 4.79 Å². The van der Waals surface area contributed by atoms with E-state index in [-0.39, 0.29) is 12.5 Å². The van der Waals surface area contributed by atoms with Gasteiger partial charge in [0.05, 0.1) is 5.52 Å². The Balaban J connectivity index is 1.42. The Morgan fingerprint density at radius 1 is 1.23 bits per heavy atom. The van der Waals surface area contributed by atoms with E-state index in [0.29, 0.717) is 12.1 Å². The van der Waals surface area contributed by atoms with Crippen LogP contribution in [-0.2, 0) is 11.3 Å². The molecule has 6 nitrogen and oxygen atoms in total.